The van der Waals surface area contributed by atoms with E-state index in [2.05, 4.69) is 4.98 Å². The zero-order valence-corrected chi connectivity index (χ0v) is 7.90. The van der Waals surface area contributed by atoms with Crippen LogP contribution in [0.15, 0.2) is 6.20 Å². The van der Waals surface area contributed by atoms with Crippen LogP contribution in [0.4, 0.5) is 0 Å². The van der Waals surface area contributed by atoms with Gasteiger partial charge in [-0.2, -0.15) is 0 Å². The van der Waals surface area contributed by atoms with Crippen molar-refractivity contribution in [3.05, 3.63) is 23.0 Å². The smallest absolute Gasteiger partial charge is 0.179 e. The first kappa shape index (κ1) is 9.04. The Hall–Kier alpha value is -1.05. The standard InChI is InChI=1S/C10H15NO/c1-4-5-9(12)10-8(3)7(2)6-11-10/h6,11H,4-5H2,1-3H3. The third-order valence-corrected chi connectivity index (χ3v) is 2.16. The number of hydrogen-bond acceptors (Lipinski definition) is 1. The molecule has 1 heterocycles. The maximum Gasteiger partial charge on any atom is 0.179 e. The predicted octanol–water partition coefficient (Wildman–Crippen LogP) is 2.61. The van der Waals surface area contributed by atoms with E-state index in [-0.39, 0.29) is 5.78 Å². The van der Waals surface area contributed by atoms with Crippen molar-refractivity contribution in [2.24, 2.45) is 0 Å². The quantitative estimate of drug-likeness (QED) is 0.686. The molecule has 66 valence electrons. The molecule has 0 aliphatic carbocycles. The van der Waals surface area contributed by atoms with Crippen LogP contribution in [0, 0.1) is 13.8 Å². The fourth-order valence-corrected chi connectivity index (χ4v) is 1.24. The monoisotopic (exact) mass is 165 g/mol. The average molecular weight is 165 g/mol. The molecule has 0 aliphatic rings. The largest absolute Gasteiger partial charge is 0.358 e. The SMILES string of the molecule is CCCC(=O)c1[nH]cc(C)c1C. The molecule has 0 spiro atoms. The summed E-state index contributed by atoms with van der Waals surface area (Å²) in [7, 11) is 0. The maximum absolute atomic E-state index is 11.4. The summed E-state index contributed by atoms with van der Waals surface area (Å²) in [5.41, 5.74) is 3.04. The highest BCUT2D eigenvalue weighted by Gasteiger charge is 2.10. The van der Waals surface area contributed by atoms with Gasteiger partial charge < -0.3 is 4.98 Å². The number of ketones is 1. The first-order valence-electron chi connectivity index (χ1n) is 4.34. The molecule has 1 aromatic rings. The second-order valence-electron chi connectivity index (χ2n) is 3.14. The molecule has 1 N–H and O–H groups in total. The summed E-state index contributed by atoms with van der Waals surface area (Å²) in [4.78, 5) is 14.5. The lowest BCUT2D eigenvalue weighted by molar-refractivity contribution is 0.0977. The summed E-state index contributed by atoms with van der Waals surface area (Å²) in [5, 5.41) is 0. The molecule has 0 amide bonds. The Kier molecular flexibility index (Phi) is 2.69. The summed E-state index contributed by atoms with van der Waals surface area (Å²) in [5.74, 6) is 0.225. The van der Waals surface area contributed by atoms with Crippen LogP contribution >= 0.6 is 0 Å². The van der Waals surface area contributed by atoms with Gasteiger partial charge in [0.25, 0.3) is 0 Å². The van der Waals surface area contributed by atoms with E-state index in [1.54, 1.807) is 0 Å². The molecule has 0 saturated carbocycles. The van der Waals surface area contributed by atoms with Crippen LogP contribution in [-0.2, 0) is 0 Å². The van der Waals surface area contributed by atoms with Crippen LogP contribution in [0.2, 0.25) is 0 Å². The third-order valence-electron chi connectivity index (χ3n) is 2.16. The van der Waals surface area contributed by atoms with Crippen molar-refractivity contribution in [1.82, 2.24) is 4.98 Å². The zero-order valence-electron chi connectivity index (χ0n) is 7.90. The lowest BCUT2D eigenvalue weighted by Gasteiger charge is -1.97. The molecule has 0 bridgehead atoms. The van der Waals surface area contributed by atoms with E-state index in [0.717, 1.165) is 23.2 Å². The molecule has 12 heavy (non-hydrogen) atoms. The van der Waals surface area contributed by atoms with E-state index in [0.29, 0.717) is 6.42 Å². The zero-order chi connectivity index (χ0) is 9.14. The Morgan fingerprint density at radius 3 is 2.58 bits per heavy atom. The highest BCUT2D eigenvalue weighted by atomic mass is 16.1. The minimum absolute atomic E-state index is 0.225. The van der Waals surface area contributed by atoms with Gasteiger partial charge in [0.1, 0.15) is 0 Å². The summed E-state index contributed by atoms with van der Waals surface area (Å²) in [6.07, 6.45) is 3.44. The highest BCUT2D eigenvalue weighted by molar-refractivity contribution is 5.95. The Morgan fingerprint density at radius 1 is 1.50 bits per heavy atom. The number of aromatic amines is 1. The van der Waals surface area contributed by atoms with Gasteiger partial charge >= 0.3 is 0 Å². The van der Waals surface area contributed by atoms with E-state index in [9.17, 15) is 4.79 Å². The van der Waals surface area contributed by atoms with E-state index in [1.165, 1.54) is 0 Å². The summed E-state index contributed by atoms with van der Waals surface area (Å²) >= 11 is 0. The molecule has 0 aliphatic heterocycles. The van der Waals surface area contributed by atoms with Crippen LogP contribution < -0.4 is 0 Å². The molecule has 0 radical (unpaired) electrons. The van der Waals surface area contributed by atoms with E-state index in [1.807, 2.05) is 27.0 Å². The number of aromatic nitrogens is 1. The van der Waals surface area contributed by atoms with E-state index < -0.39 is 0 Å². The first-order valence-corrected chi connectivity index (χ1v) is 4.34. The van der Waals surface area contributed by atoms with Crippen molar-refractivity contribution in [3.8, 4) is 0 Å². The fourth-order valence-electron chi connectivity index (χ4n) is 1.24. The molecule has 0 aromatic carbocycles. The number of H-pyrrole nitrogens is 1. The molecule has 2 heteroatoms. The molecule has 0 atom stereocenters. The number of aryl methyl sites for hydroxylation is 1. The molecule has 0 saturated heterocycles. The number of rotatable bonds is 3. The molecule has 1 aromatic heterocycles. The van der Waals surface area contributed by atoms with Gasteiger partial charge in [-0.15, -0.1) is 0 Å². The lowest BCUT2D eigenvalue weighted by Crippen LogP contribution is -2.00. The van der Waals surface area contributed by atoms with Gasteiger partial charge in [-0.1, -0.05) is 6.92 Å². The van der Waals surface area contributed by atoms with Crippen molar-refractivity contribution < 1.29 is 4.79 Å². The fraction of sp³-hybridized carbons (Fsp3) is 0.500. The van der Waals surface area contributed by atoms with Crippen LogP contribution in [0.25, 0.3) is 0 Å². The number of nitrogens with one attached hydrogen (secondary N) is 1. The van der Waals surface area contributed by atoms with E-state index in [4.69, 9.17) is 0 Å². The van der Waals surface area contributed by atoms with Gasteiger partial charge in [0.15, 0.2) is 5.78 Å². The minimum atomic E-state index is 0.225. The second kappa shape index (κ2) is 3.57. The second-order valence-corrected chi connectivity index (χ2v) is 3.14. The van der Waals surface area contributed by atoms with Crippen LogP contribution in [0.5, 0.6) is 0 Å². The predicted molar refractivity (Wildman–Crippen MR) is 49.5 cm³/mol. The Labute approximate surface area is 73.0 Å². The van der Waals surface area contributed by atoms with Crippen molar-refractivity contribution in [3.63, 3.8) is 0 Å². The molecule has 0 unspecified atom stereocenters. The Bertz CT molecular complexity index is 286. The number of hydrogen-bond donors (Lipinski definition) is 1. The molecular weight excluding hydrogens is 150 g/mol. The average Bonchev–Trinajstić information content (AvgIpc) is 2.34. The van der Waals surface area contributed by atoms with Gasteiger partial charge in [0, 0.05) is 12.6 Å². The minimum Gasteiger partial charge on any atom is -0.358 e. The number of carbonyl (C=O) groups is 1. The van der Waals surface area contributed by atoms with Gasteiger partial charge in [0.05, 0.1) is 5.69 Å². The van der Waals surface area contributed by atoms with Gasteiger partial charge in [0.2, 0.25) is 0 Å². The van der Waals surface area contributed by atoms with Gasteiger partial charge in [-0.05, 0) is 31.4 Å². The summed E-state index contributed by atoms with van der Waals surface area (Å²) in [6, 6.07) is 0. The van der Waals surface area contributed by atoms with Gasteiger partial charge in [-0.25, -0.2) is 0 Å². The van der Waals surface area contributed by atoms with Crippen molar-refractivity contribution in [2.45, 2.75) is 33.6 Å². The first-order chi connectivity index (χ1) is 5.66. The number of Topliss-reactive ketones (excluding diaryl/α,β-unsaturated/α-hetero) is 1. The van der Waals surface area contributed by atoms with Crippen molar-refractivity contribution in [1.29, 1.82) is 0 Å². The van der Waals surface area contributed by atoms with Crippen molar-refractivity contribution in [2.75, 3.05) is 0 Å². The Morgan fingerprint density at radius 2 is 2.17 bits per heavy atom. The van der Waals surface area contributed by atoms with Crippen molar-refractivity contribution >= 4 is 5.78 Å². The molecular formula is C10H15NO. The van der Waals surface area contributed by atoms with Gasteiger partial charge in [-0.3, -0.25) is 4.79 Å². The van der Waals surface area contributed by atoms with Crippen LogP contribution in [-0.4, -0.2) is 10.8 Å². The summed E-state index contributed by atoms with van der Waals surface area (Å²) < 4.78 is 0. The topological polar surface area (TPSA) is 32.9 Å². The van der Waals surface area contributed by atoms with Crippen LogP contribution in [0.3, 0.4) is 0 Å². The van der Waals surface area contributed by atoms with E-state index >= 15 is 0 Å². The number of carbonyl (C=O) groups excluding carboxylic acids is 1. The molecule has 0 fully saturated rings. The Balaban J connectivity index is 2.88. The molecule has 2 nitrogen and oxygen atoms in total. The third kappa shape index (κ3) is 1.58. The molecule has 1 rings (SSSR count). The maximum atomic E-state index is 11.4. The van der Waals surface area contributed by atoms with Crippen LogP contribution in [0.1, 0.15) is 41.4 Å². The highest BCUT2D eigenvalue weighted by Crippen LogP contribution is 2.13. The summed E-state index contributed by atoms with van der Waals surface area (Å²) in [6.45, 7) is 6.01. The lowest BCUT2D eigenvalue weighted by atomic mass is 10.1. The normalized spacial score (nSPS) is 10.2.